The van der Waals surface area contributed by atoms with Gasteiger partial charge in [0.2, 0.25) is 5.78 Å². The fourth-order valence-electron chi connectivity index (χ4n) is 2.24. The summed E-state index contributed by atoms with van der Waals surface area (Å²) in [6.45, 7) is 1.97. The smallest absolute Gasteiger partial charge is 0.257 e. The molecule has 2 heterocycles. The number of amides is 1. The van der Waals surface area contributed by atoms with Gasteiger partial charge in [0.1, 0.15) is 5.76 Å². The molecule has 0 aliphatic heterocycles. The summed E-state index contributed by atoms with van der Waals surface area (Å²) in [7, 11) is 0. The second-order valence-electron chi connectivity index (χ2n) is 5.22. The zero-order valence-corrected chi connectivity index (χ0v) is 13.2. The van der Waals surface area contributed by atoms with Crippen molar-refractivity contribution < 1.29 is 14.0 Å². The van der Waals surface area contributed by atoms with Crippen LogP contribution in [0.25, 0.3) is 0 Å². The lowest BCUT2D eigenvalue weighted by atomic mass is 10.1. The Morgan fingerprint density at radius 1 is 1.04 bits per heavy atom. The summed E-state index contributed by atoms with van der Waals surface area (Å²) in [6, 6.07) is 13.6. The maximum atomic E-state index is 12.3. The standard InChI is InChI=1S/C19H16N2O3/c1-2-16-9-10-17(24-16)18(22)13-5-7-15(8-6-13)21-19(23)14-4-3-11-20-12-14/h3-12H,2H2,1H3,(H,21,23). The fraction of sp³-hybridized carbons (Fsp3) is 0.105. The van der Waals surface area contributed by atoms with Crippen LogP contribution in [0.4, 0.5) is 5.69 Å². The number of hydrogen-bond acceptors (Lipinski definition) is 4. The van der Waals surface area contributed by atoms with Gasteiger partial charge in [0, 0.05) is 30.1 Å². The number of furan rings is 1. The van der Waals surface area contributed by atoms with Crippen LogP contribution in [0.3, 0.4) is 0 Å². The number of ketones is 1. The van der Waals surface area contributed by atoms with E-state index in [0.29, 0.717) is 22.6 Å². The van der Waals surface area contributed by atoms with Gasteiger partial charge in [0.15, 0.2) is 5.76 Å². The van der Waals surface area contributed by atoms with Gasteiger partial charge in [-0.05, 0) is 48.5 Å². The maximum absolute atomic E-state index is 12.3. The normalized spacial score (nSPS) is 10.4. The number of hydrogen-bond donors (Lipinski definition) is 1. The quantitative estimate of drug-likeness (QED) is 0.727. The largest absolute Gasteiger partial charge is 0.458 e. The van der Waals surface area contributed by atoms with E-state index in [0.717, 1.165) is 12.2 Å². The zero-order valence-electron chi connectivity index (χ0n) is 13.2. The van der Waals surface area contributed by atoms with E-state index in [2.05, 4.69) is 10.3 Å². The zero-order chi connectivity index (χ0) is 16.9. The number of nitrogens with zero attached hydrogens (tertiary/aromatic N) is 1. The van der Waals surface area contributed by atoms with Crippen molar-refractivity contribution in [1.82, 2.24) is 4.98 Å². The number of benzene rings is 1. The number of carbonyl (C=O) groups is 2. The van der Waals surface area contributed by atoms with Gasteiger partial charge >= 0.3 is 0 Å². The summed E-state index contributed by atoms with van der Waals surface area (Å²) < 4.78 is 5.48. The van der Waals surface area contributed by atoms with Crippen molar-refractivity contribution in [3.05, 3.63) is 83.6 Å². The lowest BCUT2D eigenvalue weighted by Gasteiger charge is -2.05. The molecule has 0 saturated heterocycles. The van der Waals surface area contributed by atoms with Gasteiger partial charge in [-0.3, -0.25) is 14.6 Å². The van der Waals surface area contributed by atoms with Gasteiger partial charge in [-0.2, -0.15) is 0 Å². The topological polar surface area (TPSA) is 72.2 Å². The number of pyridine rings is 1. The summed E-state index contributed by atoms with van der Waals surface area (Å²) in [4.78, 5) is 28.3. The molecule has 0 radical (unpaired) electrons. The molecule has 0 unspecified atom stereocenters. The average molecular weight is 320 g/mol. The van der Waals surface area contributed by atoms with Crippen molar-refractivity contribution in [2.75, 3.05) is 5.32 Å². The highest BCUT2D eigenvalue weighted by Gasteiger charge is 2.13. The summed E-state index contributed by atoms with van der Waals surface area (Å²) in [5, 5.41) is 2.76. The molecular weight excluding hydrogens is 304 g/mol. The Hall–Kier alpha value is -3.21. The van der Waals surface area contributed by atoms with Crippen LogP contribution in [-0.2, 0) is 6.42 Å². The Labute approximate surface area is 139 Å². The molecule has 1 N–H and O–H groups in total. The minimum atomic E-state index is -0.249. The molecule has 0 saturated carbocycles. The molecule has 0 bridgehead atoms. The van der Waals surface area contributed by atoms with Gasteiger partial charge < -0.3 is 9.73 Å². The predicted molar refractivity (Wildman–Crippen MR) is 90.2 cm³/mol. The lowest BCUT2D eigenvalue weighted by molar-refractivity contribution is 0.100. The predicted octanol–water partition coefficient (Wildman–Crippen LogP) is 3.72. The molecule has 1 aromatic carbocycles. The van der Waals surface area contributed by atoms with E-state index >= 15 is 0 Å². The molecule has 0 spiro atoms. The third-order valence-corrected chi connectivity index (χ3v) is 3.56. The van der Waals surface area contributed by atoms with Crippen LogP contribution in [0, 0.1) is 0 Å². The highest BCUT2D eigenvalue weighted by molar-refractivity contribution is 6.08. The molecule has 1 amide bonds. The Bertz CT molecular complexity index is 852. The molecule has 0 fully saturated rings. The number of nitrogens with one attached hydrogen (secondary N) is 1. The summed E-state index contributed by atoms with van der Waals surface area (Å²) in [5.74, 6) is 0.665. The minimum Gasteiger partial charge on any atom is -0.458 e. The fourth-order valence-corrected chi connectivity index (χ4v) is 2.24. The van der Waals surface area contributed by atoms with Crippen LogP contribution >= 0.6 is 0 Å². The maximum Gasteiger partial charge on any atom is 0.257 e. The Balaban J connectivity index is 1.71. The lowest BCUT2D eigenvalue weighted by Crippen LogP contribution is -2.12. The first-order chi connectivity index (χ1) is 11.7. The Kier molecular flexibility index (Phi) is 4.52. The third-order valence-electron chi connectivity index (χ3n) is 3.56. The van der Waals surface area contributed by atoms with E-state index in [1.165, 1.54) is 6.20 Å². The van der Waals surface area contributed by atoms with Gasteiger partial charge in [-0.15, -0.1) is 0 Å². The van der Waals surface area contributed by atoms with Crippen molar-refractivity contribution in [3.63, 3.8) is 0 Å². The third kappa shape index (κ3) is 3.41. The molecule has 3 rings (SSSR count). The number of aryl methyl sites for hydroxylation is 1. The van der Waals surface area contributed by atoms with E-state index in [9.17, 15) is 9.59 Å². The van der Waals surface area contributed by atoms with Crippen molar-refractivity contribution >= 4 is 17.4 Å². The first-order valence-electron chi connectivity index (χ1n) is 7.62. The van der Waals surface area contributed by atoms with Crippen molar-refractivity contribution in [2.45, 2.75) is 13.3 Å². The summed E-state index contributed by atoms with van der Waals surface area (Å²) >= 11 is 0. The number of carbonyl (C=O) groups excluding carboxylic acids is 2. The van der Waals surface area contributed by atoms with Crippen LogP contribution in [0.2, 0.25) is 0 Å². The SMILES string of the molecule is CCc1ccc(C(=O)c2ccc(NC(=O)c3cccnc3)cc2)o1. The second-order valence-corrected chi connectivity index (χ2v) is 5.22. The first kappa shape index (κ1) is 15.7. The molecule has 5 nitrogen and oxygen atoms in total. The minimum absolute atomic E-state index is 0.181. The van der Waals surface area contributed by atoms with Crippen molar-refractivity contribution in [3.8, 4) is 0 Å². The molecule has 2 aromatic heterocycles. The number of rotatable bonds is 5. The van der Waals surface area contributed by atoms with E-state index in [4.69, 9.17) is 4.42 Å². The van der Waals surface area contributed by atoms with Gasteiger partial charge in [-0.25, -0.2) is 0 Å². The Morgan fingerprint density at radius 2 is 1.83 bits per heavy atom. The average Bonchev–Trinajstić information content (AvgIpc) is 3.11. The molecule has 24 heavy (non-hydrogen) atoms. The van der Waals surface area contributed by atoms with Crippen molar-refractivity contribution in [1.29, 1.82) is 0 Å². The molecular formula is C19H16N2O3. The molecule has 5 heteroatoms. The number of anilines is 1. The van der Waals surface area contributed by atoms with Crippen LogP contribution in [0.5, 0.6) is 0 Å². The molecule has 0 atom stereocenters. The first-order valence-corrected chi connectivity index (χ1v) is 7.62. The highest BCUT2D eigenvalue weighted by Crippen LogP contribution is 2.17. The Morgan fingerprint density at radius 3 is 2.46 bits per heavy atom. The highest BCUT2D eigenvalue weighted by atomic mass is 16.3. The van der Waals surface area contributed by atoms with E-state index in [-0.39, 0.29) is 11.7 Å². The molecule has 3 aromatic rings. The number of aromatic nitrogens is 1. The van der Waals surface area contributed by atoms with E-state index in [1.807, 2.05) is 6.92 Å². The monoisotopic (exact) mass is 320 g/mol. The van der Waals surface area contributed by atoms with Crippen LogP contribution < -0.4 is 5.32 Å². The molecule has 0 aliphatic carbocycles. The van der Waals surface area contributed by atoms with Crippen molar-refractivity contribution in [2.24, 2.45) is 0 Å². The second kappa shape index (κ2) is 6.91. The van der Waals surface area contributed by atoms with Gasteiger partial charge in [0.25, 0.3) is 5.91 Å². The van der Waals surface area contributed by atoms with Crippen LogP contribution in [0.1, 0.15) is 39.2 Å². The van der Waals surface area contributed by atoms with E-state index in [1.54, 1.807) is 54.7 Å². The molecule has 0 aliphatic rings. The van der Waals surface area contributed by atoms with E-state index < -0.39 is 0 Å². The molecule has 120 valence electrons. The van der Waals surface area contributed by atoms with Crippen LogP contribution in [-0.4, -0.2) is 16.7 Å². The summed E-state index contributed by atoms with van der Waals surface area (Å²) in [5.41, 5.74) is 1.58. The summed E-state index contributed by atoms with van der Waals surface area (Å²) in [6.07, 6.45) is 3.85. The van der Waals surface area contributed by atoms with Crippen LogP contribution in [0.15, 0.2) is 65.3 Å². The van der Waals surface area contributed by atoms with Gasteiger partial charge in [-0.1, -0.05) is 6.92 Å². The van der Waals surface area contributed by atoms with Gasteiger partial charge in [0.05, 0.1) is 5.56 Å².